The molecule has 1 heterocycles. The van der Waals surface area contributed by atoms with Crippen molar-refractivity contribution in [3.63, 3.8) is 0 Å². The van der Waals surface area contributed by atoms with E-state index in [1.807, 2.05) is 0 Å². The zero-order valence-corrected chi connectivity index (χ0v) is 11.5. The predicted octanol–water partition coefficient (Wildman–Crippen LogP) is 3.69. The Morgan fingerprint density at radius 3 is 2.50 bits per heavy atom. The van der Waals surface area contributed by atoms with E-state index in [4.69, 9.17) is 0 Å². The van der Waals surface area contributed by atoms with E-state index in [1.54, 1.807) is 6.42 Å². The van der Waals surface area contributed by atoms with Crippen molar-refractivity contribution in [2.45, 2.75) is 64.8 Å². The molecule has 0 aromatic carbocycles. The summed E-state index contributed by atoms with van der Waals surface area (Å²) < 4.78 is 0. The Morgan fingerprint density at radius 2 is 1.94 bits per heavy atom. The van der Waals surface area contributed by atoms with E-state index in [2.05, 4.69) is 32.7 Å². The molecule has 3 aliphatic rings. The molecule has 0 bridgehead atoms. The first kappa shape index (κ1) is 11.1. The number of likely N-dealkylation sites (tertiary alicyclic amines) is 1. The molecule has 1 aliphatic heterocycles. The van der Waals surface area contributed by atoms with Crippen molar-refractivity contribution in [3.05, 3.63) is 0 Å². The molecule has 3 rings (SSSR count). The summed E-state index contributed by atoms with van der Waals surface area (Å²) in [6.07, 6.45) is 9.00. The Kier molecular flexibility index (Phi) is 2.11. The third kappa shape index (κ3) is 1.54. The van der Waals surface area contributed by atoms with Crippen molar-refractivity contribution in [1.82, 2.24) is 4.90 Å². The molecule has 16 heavy (non-hydrogen) atoms. The lowest BCUT2D eigenvalue weighted by molar-refractivity contribution is 0.0881. The second-order valence-corrected chi connectivity index (χ2v) is 8.13. The van der Waals surface area contributed by atoms with E-state index in [0.29, 0.717) is 11.0 Å². The minimum atomic E-state index is 0.483. The highest BCUT2D eigenvalue weighted by Crippen LogP contribution is 2.67. The summed E-state index contributed by atoms with van der Waals surface area (Å²) in [6, 6.07) is 0. The maximum absolute atomic E-state index is 2.72. The molecule has 0 N–H and O–H groups in total. The average Bonchev–Trinajstić information content (AvgIpc) is 2.71. The number of fused-ring (bicyclic) bond motifs is 1. The minimum absolute atomic E-state index is 0.483. The maximum Gasteiger partial charge on any atom is 0.0245 e. The molecule has 0 aromatic heterocycles. The van der Waals surface area contributed by atoms with E-state index < -0.39 is 0 Å². The first-order valence-corrected chi connectivity index (χ1v) is 7.07. The topological polar surface area (TPSA) is 3.24 Å². The van der Waals surface area contributed by atoms with Gasteiger partial charge in [-0.2, -0.15) is 0 Å². The van der Waals surface area contributed by atoms with Crippen molar-refractivity contribution in [1.29, 1.82) is 0 Å². The standard InChI is InChI=1S/C15H27N/c1-13(2,3)10-15-11-14(6-7-14)9-12(15)5-8-16(15)4/h12H,5-11H2,1-4H3. The molecule has 1 nitrogen and oxygen atoms in total. The summed E-state index contributed by atoms with van der Waals surface area (Å²) in [5.74, 6) is 1.01. The number of rotatable bonds is 1. The molecular weight excluding hydrogens is 194 g/mol. The zero-order valence-electron chi connectivity index (χ0n) is 11.5. The lowest BCUT2D eigenvalue weighted by atomic mass is 9.74. The van der Waals surface area contributed by atoms with Crippen LogP contribution in [0.3, 0.4) is 0 Å². The third-order valence-corrected chi connectivity index (χ3v) is 5.49. The molecular formula is C15H27N. The molecule has 1 heteroatoms. The van der Waals surface area contributed by atoms with Gasteiger partial charge in [0.05, 0.1) is 0 Å². The van der Waals surface area contributed by atoms with Gasteiger partial charge in [-0.1, -0.05) is 20.8 Å². The van der Waals surface area contributed by atoms with Gasteiger partial charge in [-0.3, -0.25) is 0 Å². The van der Waals surface area contributed by atoms with Gasteiger partial charge in [-0.15, -0.1) is 0 Å². The first-order valence-electron chi connectivity index (χ1n) is 7.07. The van der Waals surface area contributed by atoms with Gasteiger partial charge < -0.3 is 4.90 Å². The van der Waals surface area contributed by atoms with E-state index >= 15 is 0 Å². The van der Waals surface area contributed by atoms with Crippen LogP contribution in [0.1, 0.15) is 59.3 Å². The van der Waals surface area contributed by atoms with Crippen LogP contribution in [0.25, 0.3) is 0 Å². The van der Waals surface area contributed by atoms with E-state index in [-0.39, 0.29) is 0 Å². The van der Waals surface area contributed by atoms with E-state index in [0.717, 1.165) is 11.3 Å². The van der Waals surface area contributed by atoms with Gasteiger partial charge in [-0.05, 0) is 68.9 Å². The Bertz CT molecular complexity index is 297. The normalized spacial score (nSPS) is 41.6. The van der Waals surface area contributed by atoms with Crippen molar-refractivity contribution >= 4 is 0 Å². The van der Waals surface area contributed by atoms with Crippen LogP contribution < -0.4 is 0 Å². The molecule has 2 saturated carbocycles. The molecule has 1 spiro atoms. The number of hydrogen-bond acceptors (Lipinski definition) is 1. The first-order chi connectivity index (χ1) is 7.35. The second-order valence-electron chi connectivity index (χ2n) is 8.13. The van der Waals surface area contributed by atoms with Crippen LogP contribution in [0.5, 0.6) is 0 Å². The molecule has 2 unspecified atom stereocenters. The van der Waals surface area contributed by atoms with Crippen molar-refractivity contribution in [2.75, 3.05) is 13.6 Å². The molecule has 0 aromatic rings. The molecule has 0 radical (unpaired) electrons. The van der Waals surface area contributed by atoms with Gasteiger partial charge in [0.2, 0.25) is 0 Å². The minimum Gasteiger partial charge on any atom is -0.300 e. The Labute approximate surface area is 101 Å². The van der Waals surface area contributed by atoms with E-state index in [9.17, 15) is 0 Å². The van der Waals surface area contributed by atoms with Crippen LogP contribution >= 0.6 is 0 Å². The largest absolute Gasteiger partial charge is 0.300 e. The fraction of sp³-hybridized carbons (Fsp3) is 1.00. The zero-order chi connectivity index (χ0) is 11.6. The molecule has 2 atom stereocenters. The summed E-state index contributed by atoms with van der Waals surface area (Å²) in [5.41, 5.74) is 1.87. The Morgan fingerprint density at radius 1 is 1.25 bits per heavy atom. The fourth-order valence-electron chi connectivity index (χ4n) is 4.79. The van der Waals surface area contributed by atoms with E-state index in [1.165, 1.54) is 38.6 Å². The highest BCUT2D eigenvalue weighted by Gasteiger charge is 2.63. The van der Waals surface area contributed by atoms with Crippen LogP contribution in [0, 0.1) is 16.7 Å². The smallest absolute Gasteiger partial charge is 0.0245 e. The number of hydrogen-bond donors (Lipinski definition) is 0. The highest BCUT2D eigenvalue weighted by atomic mass is 15.2. The molecule has 1 saturated heterocycles. The average molecular weight is 221 g/mol. The highest BCUT2D eigenvalue weighted by molar-refractivity contribution is 5.16. The number of nitrogens with zero attached hydrogens (tertiary/aromatic N) is 1. The SMILES string of the molecule is CN1CCC2CC3(CC3)CC21CC(C)(C)C. The van der Waals surface area contributed by atoms with Crippen LogP contribution in [-0.4, -0.2) is 24.0 Å². The van der Waals surface area contributed by atoms with Crippen molar-refractivity contribution in [2.24, 2.45) is 16.7 Å². The van der Waals surface area contributed by atoms with Crippen molar-refractivity contribution < 1.29 is 0 Å². The van der Waals surface area contributed by atoms with Crippen LogP contribution in [-0.2, 0) is 0 Å². The van der Waals surface area contributed by atoms with Gasteiger partial charge in [0.25, 0.3) is 0 Å². The van der Waals surface area contributed by atoms with Gasteiger partial charge in [0, 0.05) is 5.54 Å². The van der Waals surface area contributed by atoms with Gasteiger partial charge in [-0.25, -0.2) is 0 Å². The molecule has 0 amide bonds. The van der Waals surface area contributed by atoms with Gasteiger partial charge >= 0.3 is 0 Å². The summed E-state index contributed by atoms with van der Waals surface area (Å²) in [4.78, 5) is 2.72. The Balaban J connectivity index is 1.88. The molecule has 92 valence electrons. The van der Waals surface area contributed by atoms with Crippen molar-refractivity contribution in [3.8, 4) is 0 Å². The molecule has 3 fully saturated rings. The summed E-state index contributed by atoms with van der Waals surface area (Å²) in [5, 5.41) is 0. The van der Waals surface area contributed by atoms with Crippen LogP contribution in [0.15, 0.2) is 0 Å². The summed E-state index contributed by atoms with van der Waals surface area (Å²) >= 11 is 0. The quantitative estimate of drug-likeness (QED) is 0.653. The lowest BCUT2D eigenvalue weighted by Gasteiger charge is -2.41. The molecule has 2 aliphatic carbocycles. The Hall–Kier alpha value is -0.0400. The second kappa shape index (κ2) is 3.04. The van der Waals surface area contributed by atoms with Crippen LogP contribution in [0.4, 0.5) is 0 Å². The fourth-order valence-corrected chi connectivity index (χ4v) is 4.79. The van der Waals surface area contributed by atoms with Gasteiger partial charge in [0.1, 0.15) is 0 Å². The lowest BCUT2D eigenvalue weighted by Crippen LogP contribution is -2.46. The predicted molar refractivity (Wildman–Crippen MR) is 68.4 cm³/mol. The monoisotopic (exact) mass is 221 g/mol. The summed E-state index contributed by atoms with van der Waals surface area (Å²) in [7, 11) is 2.38. The van der Waals surface area contributed by atoms with Gasteiger partial charge in [0.15, 0.2) is 0 Å². The third-order valence-electron chi connectivity index (χ3n) is 5.49. The van der Waals surface area contributed by atoms with Crippen LogP contribution in [0.2, 0.25) is 0 Å². The maximum atomic E-state index is 2.72. The summed E-state index contributed by atoms with van der Waals surface area (Å²) in [6.45, 7) is 8.60.